The van der Waals surface area contributed by atoms with Crippen molar-refractivity contribution in [3.05, 3.63) is 40.1 Å². The van der Waals surface area contributed by atoms with Crippen molar-refractivity contribution in [2.45, 2.75) is 33.3 Å². The van der Waals surface area contributed by atoms with Gasteiger partial charge in [-0.3, -0.25) is 14.9 Å². The van der Waals surface area contributed by atoms with Gasteiger partial charge in [0, 0.05) is 18.7 Å². The van der Waals surface area contributed by atoms with Crippen LogP contribution in [0.3, 0.4) is 0 Å². The van der Waals surface area contributed by atoms with Crippen molar-refractivity contribution in [1.82, 2.24) is 5.32 Å². The molecule has 0 saturated carbocycles. The fourth-order valence-electron chi connectivity index (χ4n) is 2.76. The van der Waals surface area contributed by atoms with Crippen LogP contribution in [-0.4, -0.2) is 50.2 Å². The van der Waals surface area contributed by atoms with Crippen molar-refractivity contribution >= 4 is 23.6 Å². The molecule has 9 nitrogen and oxygen atoms in total. The number of alkyl carbamates (subject to hydrolysis) is 1. The normalized spacial score (nSPS) is 13.4. The van der Waals surface area contributed by atoms with Crippen molar-refractivity contribution in [3.63, 3.8) is 0 Å². The molecule has 0 bridgehead atoms. The van der Waals surface area contributed by atoms with Crippen LogP contribution in [0, 0.1) is 6.92 Å². The van der Waals surface area contributed by atoms with E-state index in [2.05, 4.69) is 5.32 Å². The first-order valence-corrected chi connectivity index (χ1v) is 8.68. The SMILES string of the molecule is COCOc1c(C)cc2c(c1C(=O)OC)C(=O)C=C(NC(=O)OC(C)(C)C)C2=O. The number of ether oxygens (including phenoxy) is 4. The van der Waals surface area contributed by atoms with Crippen LogP contribution >= 0.6 is 0 Å². The molecule has 9 heteroatoms. The lowest BCUT2D eigenvalue weighted by Crippen LogP contribution is -2.36. The Morgan fingerprint density at radius 1 is 1.14 bits per heavy atom. The maximum atomic E-state index is 12.9. The summed E-state index contributed by atoms with van der Waals surface area (Å²) in [4.78, 5) is 50.0. The van der Waals surface area contributed by atoms with E-state index in [1.165, 1.54) is 13.2 Å². The van der Waals surface area contributed by atoms with E-state index in [0.717, 1.165) is 13.2 Å². The van der Waals surface area contributed by atoms with Gasteiger partial charge in [0.25, 0.3) is 0 Å². The molecule has 29 heavy (non-hydrogen) atoms. The first-order valence-electron chi connectivity index (χ1n) is 8.68. The molecule has 0 atom stereocenters. The lowest BCUT2D eigenvalue weighted by Gasteiger charge is -2.23. The summed E-state index contributed by atoms with van der Waals surface area (Å²) in [6.45, 7) is 6.43. The van der Waals surface area contributed by atoms with Crippen molar-refractivity contribution in [1.29, 1.82) is 0 Å². The molecule has 156 valence electrons. The number of ketones is 2. The van der Waals surface area contributed by atoms with Crippen LogP contribution in [0.25, 0.3) is 0 Å². The van der Waals surface area contributed by atoms with Gasteiger partial charge in [0.2, 0.25) is 5.78 Å². The van der Waals surface area contributed by atoms with Crippen LogP contribution < -0.4 is 10.1 Å². The highest BCUT2D eigenvalue weighted by atomic mass is 16.7. The Morgan fingerprint density at radius 2 is 1.79 bits per heavy atom. The van der Waals surface area contributed by atoms with Crippen molar-refractivity contribution in [2.24, 2.45) is 0 Å². The summed E-state index contributed by atoms with van der Waals surface area (Å²) in [6, 6.07) is 1.41. The van der Waals surface area contributed by atoms with Crippen molar-refractivity contribution < 1.29 is 38.1 Å². The van der Waals surface area contributed by atoms with E-state index >= 15 is 0 Å². The molecule has 1 N–H and O–H groups in total. The van der Waals surface area contributed by atoms with Gasteiger partial charge in [-0.15, -0.1) is 0 Å². The third-order valence-corrected chi connectivity index (χ3v) is 3.82. The van der Waals surface area contributed by atoms with Gasteiger partial charge in [-0.2, -0.15) is 0 Å². The molecule has 1 aromatic rings. The number of methoxy groups -OCH3 is 2. The van der Waals surface area contributed by atoms with Crippen LogP contribution in [-0.2, 0) is 14.2 Å². The highest BCUT2D eigenvalue weighted by Crippen LogP contribution is 2.34. The predicted octanol–water partition coefficient (Wildman–Crippen LogP) is 2.55. The number of carbonyl (C=O) groups excluding carboxylic acids is 4. The molecule has 1 amide bonds. The van der Waals surface area contributed by atoms with Gasteiger partial charge in [-0.25, -0.2) is 9.59 Å². The number of Topliss-reactive ketones (excluding diaryl/α,β-unsaturated/α-hetero) is 1. The number of fused-ring (bicyclic) bond motifs is 1. The molecule has 1 aliphatic rings. The molecule has 1 aliphatic carbocycles. The van der Waals surface area contributed by atoms with Gasteiger partial charge in [0.15, 0.2) is 12.6 Å². The monoisotopic (exact) mass is 405 g/mol. The summed E-state index contributed by atoms with van der Waals surface area (Å²) < 4.78 is 20.2. The maximum absolute atomic E-state index is 12.9. The van der Waals surface area contributed by atoms with E-state index in [1.807, 2.05) is 0 Å². The van der Waals surface area contributed by atoms with Crippen LogP contribution in [0.5, 0.6) is 5.75 Å². The average molecular weight is 405 g/mol. The molecular formula is C20H23NO8. The third-order valence-electron chi connectivity index (χ3n) is 3.82. The van der Waals surface area contributed by atoms with E-state index in [1.54, 1.807) is 27.7 Å². The van der Waals surface area contributed by atoms with Gasteiger partial charge in [0.1, 0.15) is 16.9 Å². The molecule has 0 unspecified atom stereocenters. The molecule has 1 aromatic carbocycles. The zero-order chi connectivity index (χ0) is 21.9. The summed E-state index contributed by atoms with van der Waals surface area (Å²) in [7, 11) is 2.55. The third kappa shape index (κ3) is 4.80. The first-order chi connectivity index (χ1) is 13.5. The molecule has 0 fully saturated rings. The van der Waals surface area contributed by atoms with Crippen LogP contribution in [0.1, 0.15) is 57.4 Å². The molecule has 0 saturated heterocycles. The summed E-state index contributed by atoms with van der Waals surface area (Å²) in [5, 5.41) is 2.29. The fourth-order valence-corrected chi connectivity index (χ4v) is 2.76. The Hall–Kier alpha value is -3.20. The Bertz CT molecular complexity index is 908. The molecule has 0 aliphatic heterocycles. The number of hydrogen-bond donors (Lipinski definition) is 1. The summed E-state index contributed by atoms with van der Waals surface area (Å²) >= 11 is 0. The van der Waals surface area contributed by atoms with Crippen molar-refractivity contribution in [2.75, 3.05) is 21.0 Å². The number of amides is 1. The van der Waals surface area contributed by atoms with E-state index in [4.69, 9.17) is 18.9 Å². The molecule has 0 spiro atoms. The van der Waals surface area contributed by atoms with E-state index in [-0.39, 0.29) is 34.9 Å². The van der Waals surface area contributed by atoms with Gasteiger partial charge < -0.3 is 18.9 Å². The molecule has 0 aromatic heterocycles. The minimum atomic E-state index is -0.877. The van der Waals surface area contributed by atoms with Crippen LogP contribution in [0.15, 0.2) is 17.8 Å². The zero-order valence-electron chi connectivity index (χ0n) is 17.1. The highest BCUT2D eigenvalue weighted by Gasteiger charge is 2.35. The van der Waals surface area contributed by atoms with E-state index in [9.17, 15) is 19.2 Å². The Morgan fingerprint density at radius 3 is 2.34 bits per heavy atom. The maximum Gasteiger partial charge on any atom is 0.412 e. The minimum absolute atomic E-state index is 0.0498. The topological polar surface area (TPSA) is 117 Å². The lowest BCUT2D eigenvalue weighted by molar-refractivity contribution is 0.0456. The number of hydrogen-bond acceptors (Lipinski definition) is 8. The number of benzene rings is 1. The smallest absolute Gasteiger partial charge is 0.412 e. The largest absolute Gasteiger partial charge is 0.466 e. The fraction of sp³-hybridized carbons (Fsp3) is 0.400. The Labute approximate surface area is 167 Å². The van der Waals surface area contributed by atoms with E-state index in [0.29, 0.717) is 5.56 Å². The predicted molar refractivity (Wildman–Crippen MR) is 101 cm³/mol. The van der Waals surface area contributed by atoms with Crippen LogP contribution in [0.2, 0.25) is 0 Å². The summed E-state index contributed by atoms with van der Waals surface area (Å²) in [5.41, 5.74) is -1.00. The second-order valence-electron chi connectivity index (χ2n) is 7.24. The van der Waals surface area contributed by atoms with Crippen molar-refractivity contribution in [3.8, 4) is 5.75 Å². The standard InChI is InChI=1S/C20H23NO8/c1-10-7-11-14(15(18(24)27-6)17(10)28-9-26-5)13(22)8-12(16(11)23)21-19(25)29-20(2,3)4/h7-8H,9H2,1-6H3,(H,21,25). The number of carbonyl (C=O) groups is 4. The van der Waals surface area contributed by atoms with Gasteiger partial charge in [0.05, 0.1) is 18.4 Å². The minimum Gasteiger partial charge on any atom is -0.466 e. The lowest BCUT2D eigenvalue weighted by atomic mass is 9.86. The molecular weight excluding hydrogens is 382 g/mol. The van der Waals surface area contributed by atoms with Gasteiger partial charge in [-0.1, -0.05) is 0 Å². The Kier molecular flexibility index (Phi) is 6.43. The number of nitrogens with one attached hydrogen (secondary N) is 1. The quantitative estimate of drug-likeness (QED) is 0.587. The second-order valence-corrected chi connectivity index (χ2v) is 7.24. The van der Waals surface area contributed by atoms with Gasteiger partial charge >= 0.3 is 12.1 Å². The van der Waals surface area contributed by atoms with Gasteiger partial charge in [-0.05, 0) is 39.3 Å². The first kappa shape index (κ1) is 22.1. The molecule has 0 radical (unpaired) electrons. The number of aryl methyl sites for hydroxylation is 1. The second kappa shape index (κ2) is 8.44. The van der Waals surface area contributed by atoms with Crippen LogP contribution in [0.4, 0.5) is 4.79 Å². The summed E-state index contributed by atoms with van der Waals surface area (Å²) in [6.07, 6.45) is 0.0644. The summed E-state index contributed by atoms with van der Waals surface area (Å²) in [5.74, 6) is -2.06. The van der Waals surface area contributed by atoms with E-state index < -0.39 is 29.2 Å². The molecule has 2 rings (SSSR count). The average Bonchev–Trinajstić information content (AvgIpc) is 2.61. The number of esters is 1. The number of allylic oxidation sites excluding steroid dienone is 2. The Balaban J connectivity index is 2.53. The highest BCUT2D eigenvalue weighted by molar-refractivity contribution is 6.28. The molecule has 0 heterocycles. The number of rotatable bonds is 5. The zero-order valence-corrected chi connectivity index (χ0v) is 17.1.